The maximum Gasteiger partial charge on any atom is 0.159 e. The summed E-state index contributed by atoms with van der Waals surface area (Å²) in [6, 6.07) is 9.64. The summed E-state index contributed by atoms with van der Waals surface area (Å²) in [6.07, 6.45) is 5.22. The van der Waals surface area contributed by atoms with Crippen LogP contribution in [0, 0.1) is 17.8 Å². The molecule has 0 unspecified atom stereocenters. The molecule has 4 atom stereocenters. The maximum absolute atomic E-state index is 12.3. The SMILES string of the molecule is O=S1(=O)C/C(=N/Nc2ccccc2)[C@@H]2[C@H]1[C@@H]1C=C[C@@H]2C1. The van der Waals surface area contributed by atoms with Gasteiger partial charge in [-0.2, -0.15) is 5.10 Å². The number of sulfone groups is 1. The highest BCUT2D eigenvalue weighted by molar-refractivity contribution is 7.93. The molecule has 1 aromatic rings. The van der Waals surface area contributed by atoms with E-state index >= 15 is 0 Å². The Morgan fingerprint density at radius 2 is 1.85 bits per heavy atom. The number of para-hydroxylation sites is 1. The standard InChI is InChI=1S/C15H16N2O2S/c18-20(19)9-13(17-16-12-4-2-1-3-5-12)14-10-6-7-11(8-10)15(14)20/h1-7,10-11,14-16H,8-9H2/b17-13-/t10-,11-,14-,15-/m1/s1. The van der Waals surface area contributed by atoms with Crippen LogP contribution in [0.3, 0.4) is 0 Å². The van der Waals surface area contributed by atoms with Gasteiger partial charge >= 0.3 is 0 Å². The van der Waals surface area contributed by atoms with Crippen LogP contribution in [0.15, 0.2) is 47.6 Å². The van der Waals surface area contributed by atoms with E-state index in [1.165, 1.54) is 0 Å². The molecular weight excluding hydrogens is 272 g/mol. The number of nitrogens with one attached hydrogen (secondary N) is 1. The van der Waals surface area contributed by atoms with Gasteiger partial charge in [0.2, 0.25) is 0 Å². The van der Waals surface area contributed by atoms with Crippen molar-refractivity contribution in [3.63, 3.8) is 0 Å². The van der Waals surface area contributed by atoms with Gasteiger partial charge in [-0.3, -0.25) is 5.43 Å². The second kappa shape index (κ2) is 4.19. The van der Waals surface area contributed by atoms with E-state index in [2.05, 4.69) is 22.7 Å². The summed E-state index contributed by atoms with van der Waals surface area (Å²) in [7, 11) is -3.03. The molecule has 0 aromatic heterocycles. The van der Waals surface area contributed by atoms with Gasteiger partial charge in [0.05, 0.1) is 22.4 Å². The Bertz CT molecular complexity index is 694. The molecule has 1 aromatic carbocycles. The van der Waals surface area contributed by atoms with Gasteiger partial charge in [0.15, 0.2) is 9.84 Å². The Balaban J connectivity index is 1.65. The zero-order valence-electron chi connectivity index (χ0n) is 10.9. The van der Waals surface area contributed by atoms with Crippen molar-refractivity contribution in [1.82, 2.24) is 0 Å². The number of benzene rings is 1. The van der Waals surface area contributed by atoms with E-state index < -0.39 is 9.84 Å². The number of hydrogen-bond acceptors (Lipinski definition) is 4. The third-order valence-electron chi connectivity index (χ3n) is 4.64. The fourth-order valence-corrected chi connectivity index (χ4v) is 6.26. The van der Waals surface area contributed by atoms with E-state index in [-0.39, 0.29) is 22.8 Å². The molecule has 1 saturated carbocycles. The molecule has 0 amide bonds. The molecule has 4 rings (SSSR count). The van der Waals surface area contributed by atoms with E-state index in [1.807, 2.05) is 30.3 Å². The third kappa shape index (κ3) is 1.73. The van der Waals surface area contributed by atoms with Crippen LogP contribution < -0.4 is 5.43 Å². The first-order valence-electron chi connectivity index (χ1n) is 6.92. The van der Waals surface area contributed by atoms with Gasteiger partial charge in [-0.25, -0.2) is 8.42 Å². The lowest BCUT2D eigenvalue weighted by Gasteiger charge is -2.18. The van der Waals surface area contributed by atoms with Gasteiger partial charge in [-0.05, 0) is 30.4 Å². The van der Waals surface area contributed by atoms with Crippen LogP contribution in [-0.4, -0.2) is 25.1 Å². The van der Waals surface area contributed by atoms with Crippen molar-refractivity contribution >= 4 is 21.2 Å². The van der Waals surface area contributed by atoms with E-state index in [1.54, 1.807) is 0 Å². The molecule has 5 heteroatoms. The summed E-state index contributed by atoms with van der Waals surface area (Å²) >= 11 is 0. The number of allylic oxidation sites excluding steroid dienone is 2. The van der Waals surface area contributed by atoms with Crippen molar-refractivity contribution in [2.75, 3.05) is 11.2 Å². The minimum atomic E-state index is -3.03. The quantitative estimate of drug-likeness (QED) is 0.669. The molecule has 3 aliphatic rings. The normalized spacial score (nSPS) is 38.3. The van der Waals surface area contributed by atoms with Crippen LogP contribution in [0.5, 0.6) is 0 Å². The van der Waals surface area contributed by atoms with Crippen LogP contribution in [0.2, 0.25) is 0 Å². The average Bonchev–Trinajstić information content (AvgIpc) is 3.10. The fraction of sp³-hybridized carbons (Fsp3) is 0.400. The zero-order chi connectivity index (χ0) is 13.7. The first-order valence-corrected chi connectivity index (χ1v) is 8.64. The summed E-state index contributed by atoms with van der Waals surface area (Å²) < 4.78 is 24.6. The molecule has 2 bridgehead atoms. The fourth-order valence-electron chi connectivity index (χ4n) is 3.86. The van der Waals surface area contributed by atoms with Gasteiger partial charge in [0, 0.05) is 5.92 Å². The Morgan fingerprint density at radius 1 is 1.10 bits per heavy atom. The van der Waals surface area contributed by atoms with Crippen molar-refractivity contribution in [3.8, 4) is 0 Å². The number of rotatable bonds is 2. The number of hydrazone groups is 1. The van der Waals surface area contributed by atoms with Crippen LogP contribution in [0.4, 0.5) is 5.69 Å². The molecule has 1 saturated heterocycles. The lowest BCUT2D eigenvalue weighted by atomic mass is 9.90. The molecule has 1 aliphatic heterocycles. The van der Waals surface area contributed by atoms with Crippen LogP contribution in [-0.2, 0) is 9.84 Å². The lowest BCUT2D eigenvalue weighted by Crippen LogP contribution is -2.28. The highest BCUT2D eigenvalue weighted by Gasteiger charge is 2.57. The van der Waals surface area contributed by atoms with Gasteiger partial charge in [0.1, 0.15) is 0 Å². The van der Waals surface area contributed by atoms with Crippen LogP contribution in [0.1, 0.15) is 6.42 Å². The van der Waals surface area contributed by atoms with Gasteiger partial charge < -0.3 is 0 Å². The van der Waals surface area contributed by atoms with E-state index in [0.717, 1.165) is 17.8 Å². The van der Waals surface area contributed by atoms with E-state index in [0.29, 0.717) is 5.92 Å². The van der Waals surface area contributed by atoms with Crippen molar-refractivity contribution in [1.29, 1.82) is 0 Å². The molecule has 0 spiro atoms. The van der Waals surface area contributed by atoms with E-state index in [9.17, 15) is 8.42 Å². The van der Waals surface area contributed by atoms with E-state index in [4.69, 9.17) is 0 Å². The van der Waals surface area contributed by atoms with Gasteiger partial charge in [-0.1, -0.05) is 30.4 Å². The summed E-state index contributed by atoms with van der Waals surface area (Å²) in [5, 5.41) is 4.18. The van der Waals surface area contributed by atoms with Crippen molar-refractivity contribution in [2.24, 2.45) is 22.9 Å². The van der Waals surface area contributed by atoms with Crippen molar-refractivity contribution in [2.45, 2.75) is 11.7 Å². The molecule has 2 fully saturated rings. The maximum atomic E-state index is 12.3. The summed E-state index contributed by atoms with van der Waals surface area (Å²) in [5.41, 5.74) is 4.69. The van der Waals surface area contributed by atoms with Crippen LogP contribution in [0.25, 0.3) is 0 Å². The number of hydrogen-bond donors (Lipinski definition) is 1. The highest BCUT2D eigenvalue weighted by atomic mass is 32.2. The number of fused-ring (bicyclic) bond motifs is 5. The summed E-state index contributed by atoms with van der Waals surface area (Å²) in [4.78, 5) is 0. The summed E-state index contributed by atoms with van der Waals surface area (Å²) in [6.45, 7) is 0. The first-order chi connectivity index (χ1) is 9.65. The molecule has 1 heterocycles. The highest BCUT2D eigenvalue weighted by Crippen LogP contribution is 2.51. The molecule has 2 aliphatic carbocycles. The topological polar surface area (TPSA) is 58.5 Å². The predicted molar refractivity (Wildman–Crippen MR) is 79.3 cm³/mol. The Kier molecular flexibility index (Phi) is 2.54. The monoisotopic (exact) mass is 288 g/mol. The van der Waals surface area contributed by atoms with Crippen LogP contribution >= 0.6 is 0 Å². The molecule has 104 valence electrons. The molecular formula is C15H16N2O2S. The van der Waals surface area contributed by atoms with Crippen molar-refractivity contribution < 1.29 is 8.42 Å². The second-order valence-electron chi connectivity index (χ2n) is 5.83. The van der Waals surface area contributed by atoms with Gasteiger partial charge in [0.25, 0.3) is 0 Å². The Labute approximate surface area is 118 Å². The molecule has 20 heavy (non-hydrogen) atoms. The average molecular weight is 288 g/mol. The largest absolute Gasteiger partial charge is 0.279 e. The molecule has 1 N–H and O–H groups in total. The zero-order valence-corrected chi connectivity index (χ0v) is 11.8. The summed E-state index contributed by atoms with van der Waals surface area (Å²) in [5.74, 6) is 0.765. The lowest BCUT2D eigenvalue weighted by molar-refractivity contribution is 0.551. The first kappa shape index (κ1) is 12.1. The minimum absolute atomic E-state index is 0.0891. The predicted octanol–water partition coefficient (Wildman–Crippen LogP) is 2.07. The second-order valence-corrected chi connectivity index (χ2v) is 7.99. The smallest absolute Gasteiger partial charge is 0.159 e. The number of anilines is 1. The Morgan fingerprint density at radius 3 is 2.65 bits per heavy atom. The van der Waals surface area contributed by atoms with Gasteiger partial charge in [-0.15, -0.1) is 0 Å². The number of nitrogens with zero attached hydrogens (tertiary/aromatic N) is 1. The molecule has 0 radical (unpaired) electrons. The Hall–Kier alpha value is -1.62. The minimum Gasteiger partial charge on any atom is -0.279 e. The third-order valence-corrected chi connectivity index (χ3v) is 6.81. The van der Waals surface area contributed by atoms with Crippen molar-refractivity contribution in [3.05, 3.63) is 42.5 Å². The molecule has 4 nitrogen and oxygen atoms in total.